The molecule has 1 heterocycles. The Morgan fingerprint density at radius 1 is 0.600 bits per heavy atom. The summed E-state index contributed by atoms with van der Waals surface area (Å²) in [5, 5.41) is 31.7. The molecule has 5 aromatic rings. The Morgan fingerprint density at radius 2 is 1.00 bits per heavy atom. The molecule has 230 valence electrons. The molecule has 0 saturated heterocycles. The third-order valence-corrected chi connectivity index (χ3v) is 7.70. The number of hydrogen-bond acceptors (Lipinski definition) is 10. The van der Waals surface area contributed by atoms with E-state index in [1.807, 2.05) is 48.5 Å². The molecule has 0 aliphatic carbocycles. The first-order valence-electron chi connectivity index (χ1n) is 14.3. The number of rotatable bonds is 16. The molecule has 1 aromatic heterocycles. The van der Waals surface area contributed by atoms with Gasteiger partial charge in [0.25, 0.3) is 11.4 Å². The number of thiazole rings is 1. The van der Waals surface area contributed by atoms with Crippen LogP contribution in [0.25, 0.3) is 0 Å². The van der Waals surface area contributed by atoms with Crippen molar-refractivity contribution in [3.63, 3.8) is 0 Å². The average molecular weight is 626 g/mol. The molecule has 0 saturated carbocycles. The minimum atomic E-state index is -0.437. The summed E-state index contributed by atoms with van der Waals surface area (Å²) in [4.78, 5) is 25.5. The topological polar surface area (TPSA) is 142 Å². The van der Waals surface area contributed by atoms with Crippen molar-refractivity contribution in [2.24, 2.45) is 0 Å². The standard InChI is InChI=1S/C33H31N5O6S/c39-37(40)27-5-13-31(14-6-27)43-29-9-1-24(2-10-29)21-34-19-17-26-23-45-33(36-26)18-20-35-22-25-3-11-30(12-4-25)44-32-15-7-28(8-16-32)38(41)42/h1-16,23,34-35H,17-22H2. The predicted octanol–water partition coefficient (Wildman–Crippen LogP) is 7.21. The molecule has 0 atom stereocenters. The molecule has 0 amide bonds. The highest BCUT2D eigenvalue weighted by Crippen LogP contribution is 2.25. The van der Waals surface area contributed by atoms with Crippen LogP contribution in [0.2, 0.25) is 0 Å². The molecule has 5 rings (SSSR count). The van der Waals surface area contributed by atoms with Gasteiger partial charge in [-0.05, 0) is 59.7 Å². The molecule has 45 heavy (non-hydrogen) atoms. The second kappa shape index (κ2) is 15.5. The zero-order chi connectivity index (χ0) is 31.4. The molecule has 0 radical (unpaired) electrons. The summed E-state index contributed by atoms with van der Waals surface area (Å²) in [6.07, 6.45) is 1.70. The van der Waals surface area contributed by atoms with Gasteiger partial charge in [-0.1, -0.05) is 24.3 Å². The molecule has 0 spiro atoms. The van der Waals surface area contributed by atoms with Crippen molar-refractivity contribution in [3.05, 3.63) is 144 Å². The first-order valence-corrected chi connectivity index (χ1v) is 15.2. The summed E-state index contributed by atoms with van der Waals surface area (Å²) in [5.74, 6) is 2.43. The molecule has 11 nitrogen and oxygen atoms in total. The number of hydrogen-bond donors (Lipinski definition) is 2. The third kappa shape index (κ3) is 9.66. The summed E-state index contributed by atoms with van der Waals surface area (Å²) in [6.45, 7) is 3.08. The number of nitrogens with zero attached hydrogens (tertiary/aromatic N) is 3. The molecule has 12 heteroatoms. The Morgan fingerprint density at radius 3 is 1.42 bits per heavy atom. The molecule has 0 bridgehead atoms. The fourth-order valence-corrected chi connectivity index (χ4v) is 5.18. The average Bonchev–Trinajstić information content (AvgIpc) is 3.51. The van der Waals surface area contributed by atoms with Crippen LogP contribution >= 0.6 is 11.3 Å². The molecular formula is C33H31N5O6S. The second-order valence-corrected chi connectivity index (χ2v) is 11.0. The molecule has 0 fully saturated rings. The highest BCUT2D eigenvalue weighted by atomic mass is 32.1. The van der Waals surface area contributed by atoms with Crippen LogP contribution in [-0.2, 0) is 25.9 Å². The van der Waals surface area contributed by atoms with E-state index in [0.717, 1.165) is 60.8 Å². The normalized spacial score (nSPS) is 10.8. The highest BCUT2D eigenvalue weighted by Gasteiger charge is 2.07. The zero-order valence-corrected chi connectivity index (χ0v) is 25.1. The van der Waals surface area contributed by atoms with E-state index in [9.17, 15) is 20.2 Å². The van der Waals surface area contributed by atoms with Crippen molar-refractivity contribution < 1.29 is 19.3 Å². The van der Waals surface area contributed by atoms with E-state index < -0.39 is 9.85 Å². The minimum absolute atomic E-state index is 0.0293. The van der Waals surface area contributed by atoms with E-state index in [2.05, 4.69) is 16.0 Å². The number of non-ortho nitro benzene ring substituents is 2. The Labute approximate surface area is 263 Å². The van der Waals surface area contributed by atoms with Gasteiger partial charge in [0, 0.05) is 68.7 Å². The predicted molar refractivity (Wildman–Crippen MR) is 172 cm³/mol. The number of nitro benzene ring substituents is 2. The third-order valence-electron chi connectivity index (χ3n) is 6.74. The van der Waals surface area contributed by atoms with Crippen molar-refractivity contribution >= 4 is 22.7 Å². The number of ether oxygens (including phenoxy) is 2. The van der Waals surface area contributed by atoms with Crippen LogP contribution < -0.4 is 20.1 Å². The van der Waals surface area contributed by atoms with E-state index >= 15 is 0 Å². The van der Waals surface area contributed by atoms with Gasteiger partial charge in [0.1, 0.15) is 23.0 Å². The van der Waals surface area contributed by atoms with Crippen LogP contribution in [0.3, 0.4) is 0 Å². The van der Waals surface area contributed by atoms with Crippen LogP contribution in [0.5, 0.6) is 23.0 Å². The number of nitrogens with one attached hydrogen (secondary N) is 2. The van der Waals surface area contributed by atoms with Crippen LogP contribution in [-0.4, -0.2) is 27.9 Å². The van der Waals surface area contributed by atoms with Gasteiger partial charge in [0.05, 0.1) is 20.5 Å². The van der Waals surface area contributed by atoms with E-state index in [4.69, 9.17) is 14.5 Å². The first kappa shape index (κ1) is 31.3. The first-order chi connectivity index (χ1) is 21.9. The Bertz CT molecular complexity index is 1570. The SMILES string of the molecule is O=[N+]([O-])c1ccc(Oc2ccc(CNCCc3csc(CCNCc4ccc(Oc5ccc([N+](=O)[O-])cc5)cc4)n3)cc2)cc1. The van der Waals surface area contributed by atoms with Crippen molar-refractivity contribution in [2.75, 3.05) is 13.1 Å². The lowest BCUT2D eigenvalue weighted by Crippen LogP contribution is -2.17. The van der Waals surface area contributed by atoms with Gasteiger partial charge in [-0.25, -0.2) is 4.98 Å². The van der Waals surface area contributed by atoms with Gasteiger partial charge in [-0.15, -0.1) is 11.3 Å². The quantitative estimate of drug-likeness (QED) is 0.0661. The summed E-state index contributed by atoms with van der Waals surface area (Å²) in [6, 6.07) is 27.5. The maximum absolute atomic E-state index is 10.8. The Kier molecular flexibility index (Phi) is 10.8. The highest BCUT2D eigenvalue weighted by molar-refractivity contribution is 7.09. The van der Waals surface area contributed by atoms with Crippen molar-refractivity contribution in [1.82, 2.24) is 15.6 Å². The zero-order valence-electron chi connectivity index (χ0n) is 24.3. The summed E-state index contributed by atoms with van der Waals surface area (Å²) in [7, 11) is 0. The van der Waals surface area contributed by atoms with Gasteiger partial charge in [-0.3, -0.25) is 20.2 Å². The number of nitro groups is 2. The van der Waals surface area contributed by atoms with Crippen LogP contribution in [0.1, 0.15) is 21.8 Å². The van der Waals surface area contributed by atoms with Gasteiger partial charge in [0.2, 0.25) is 0 Å². The maximum atomic E-state index is 10.8. The lowest BCUT2D eigenvalue weighted by molar-refractivity contribution is -0.385. The van der Waals surface area contributed by atoms with Gasteiger partial charge >= 0.3 is 0 Å². The smallest absolute Gasteiger partial charge is 0.269 e. The van der Waals surface area contributed by atoms with E-state index in [-0.39, 0.29) is 11.4 Å². The van der Waals surface area contributed by atoms with Crippen LogP contribution in [0.4, 0.5) is 11.4 Å². The van der Waals surface area contributed by atoms with Crippen molar-refractivity contribution in [1.29, 1.82) is 0 Å². The monoisotopic (exact) mass is 625 g/mol. The fourth-order valence-electron chi connectivity index (χ4n) is 4.35. The molecule has 4 aromatic carbocycles. The van der Waals surface area contributed by atoms with Crippen LogP contribution in [0.15, 0.2) is 102 Å². The van der Waals surface area contributed by atoms with Gasteiger partial charge in [-0.2, -0.15) is 0 Å². The summed E-state index contributed by atoms with van der Waals surface area (Å²) in [5.41, 5.74) is 3.40. The molecule has 0 aliphatic rings. The summed E-state index contributed by atoms with van der Waals surface area (Å²) >= 11 is 1.68. The van der Waals surface area contributed by atoms with Crippen molar-refractivity contribution in [2.45, 2.75) is 25.9 Å². The van der Waals surface area contributed by atoms with Gasteiger partial charge in [0.15, 0.2) is 0 Å². The fraction of sp³-hybridized carbons (Fsp3) is 0.182. The Balaban J connectivity index is 0.954. The second-order valence-electron chi connectivity index (χ2n) is 10.1. The lowest BCUT2D eigenvalue weighted by Gasteiger charge is -2.08. The largest absolute Gasteiger partial charge is 0.457 e. The maximum Gasteiger partial charge on any atom is 0.269 e. The van der Waals surface area contributed by atoms with E-state index in [0.29, 0.717) is 23.0 Å². The Hall–Kier alpha value is -5.17. The van der Waals surface area contributed by atoms with E-state index in [1.54, 1.807) is 35.6 Å². The molecule has 0 unspecified atom stereocenters. The number of benzene rings is 4. The lowest BCUT2D eigenvalue weighted by atomic mass is 10.2. The van der Waals surface area contributed by atoms with Crippen molar-refractivity contribution in [3.8, 4) is 23.0 Å². The number of aromatic nitrogens is 1. The molecule has 0 aliphatic heterocycles. The van der Waals surface area contributed by atoms with Gasteiger partial charge < -0.3 is 20.1 Å². The molecule has 2 N–H and O–H groups in total. The molecular weight excluding hydrogens is 594 g/mol. The minimum Gasteiger partial charge on any atom is -0.457 e. The van der Waals surface area contributed by atoms with E-state index in [1.165, 1.54) is 24.3 Å². The summed E-state index contributed by atoms with van der Waals surface area (Å²) < 4.78 is 11.5. The van der Waals surface area contributed by atoms with Crippen LogP contribution in [0, 0.1) is 20.2 Å².